The molecule has 3 aromatic rings. The van der Waals surface area contributed by atoms with Gasteiger partial charge < -0.3 is 14.7 Å². The molecule has 4 heterocycles. The van der Waals surface area contributed by atoms with Crippen LogP contribution < -0.4 is 15.0 Å². The van der Waals surface area contributed by atoms with Gasteiger partial charge in [-0.3, -0.25) is 24.7 Å². The number of amides is 1. The maximum absolute atomic E-state index is 14.0. The number of alkyl halides is 3. The average molecular weight is 662 g/mol. The van der Waals surface area contributed by atoms with E-state index in [0.29, 0.717) is 68.8 Å². The van der Waals surface area contributed by atoms with Crippen molar-refractivity contribution in [1.29, 1.82) is 0 Å². The van der Waals surface area contributed by atoms with Crippen molar-refractivity contribution >= 4 is 34.2 Å². The Bertz CT molecular complexity index is 1510. The first-order chi connectivity index (χ1) is 22.0. The fourth-order valence-corrected chi connectivity index (χ4v) is 6.61. The van der Waals surface area contributed by atoms with E-state index >= 15 is 0 Å². The van der Waals surface area contributed by atoms with Crippen molar-refractivity contribution in [3.05, 3.63) is 46.7 Å². The molecule has 5 rings (SSSR count). The van der Waals surface area contributed by atoms with Crippen molar-refractivity contribution in [3.63, 3.8) is 0 Å². The molecule has 0 spiro atoms. The van der Waals surface area contributed by atoms with Gasteiger partial charge in [0.25, 0.3) is 5.91 Å². The average Bonchev–Trinajstić information content (AvgIpc) is 3.63. The van der Waals surface area contributed by atoms with Crippen molar-refractivity contribution in [1.82, 2.24) is 24.8 Å². The zero-order valence-corrected chi connectivity index (χ0v) is 26.7. The number of carbonyl (C=O) groups is 2. The van der Waals surface area contributed by atoms with E-state index < -0.39 is 23.6 Å². The van der Waals surface area contributed by atoms with Gasteiger partial charge in [0.05, 0.1) is 36.7 Å². The van der Waals surface area contributed by atoms with Gasteiger partial charge in [0.2, 0.25) is 0 Å². The highest BCUT2D eigenvalue weighted by atomic mass is 32.1. The van der Waals surface area contributed by atoms with E-state index in [2.05, 4.69) is 37.0 Å². The third-order valence-electron chi connectivity index (χ3n) is 8.18. The molecule has 0 aliphatic carbocycles. The molecular weight excluding hydrogens is 623 g/mol. The lowest BCUT2D eigenvalue weighted by atomic mass is 10.1. The topological polar surface area (TPSA) is 124 Å². The van der Waals surface area contributed by atoms with E-state index in [4.69, 9.17) is 9.84 Å². The molecule has 0 bridgehead atoms. The molecular formula is C31H38F3N7O4S. The van der Waals surface area contributed by atoms with Crippen molar-refractivity contribution in [2.45, 2.75) is 58.3 Å². The third-order valence-corrected chi connectivity index (χ3v) is 9.14. The fourth-order valence-electron chi connectivity index (χ4n) is 5.60. The standard InChI is InChI=1S/C31H38F3N7O4S/c1-3-15-45-24-7-6-21(16-22(24)31(32,33)34)28-25(19-41-9-4-5-20(41)2)46-30(37-28)38-29(44)23-17-36-26(18-35-23)40-13-11-39(12-14-40)10-8-27(42)43/h6-7,16-18,20H,3-5,8-15,19H2,1-2H3,(H,42,43)(H,37,38,44). The lowest BCUT2D eigenvalue weighted by molar-refractivity contribution is -0.139. The number of carbonyl (C=O) groups excluding carboxylic acids is 1. The van der Waals surface area contributed by atoms with Crippen LogP contribution in [0, 0.1) is 0 Å². The van der Waals surface area contributed by atoms with Crippen LogP contribution in [0.2, 0.25) is 0 Å². The van der Waals surface area contributed by atoms with Gasteiger partial charge in [-0.2, -0.15) is 13.2 Å². The van der Waals surface area contributed by atoms with Gasteiger partial charge in [-0.05, 0) is 50.9 Å². The summed E-state index contributed by atoms with van der Waals surface area (Å²) < 4.78 is 47.5. The smallest absolute Gasteiger partial charge is 0.419 e. The Kier molecular flexibility index (Phi) is 10.7. The van der Waals surface area contributed by atoms with Crippen molar-refractivity contribution in [3.8, 4) is 17.0 Å². The quantitative estimate of drug-likeness (QED) is 0.266. The van der Waals surface area contributed by atoms with E-state index in [1.54, 1.807) is 6.07 Å². The molecule has 2 aliphatic heterocycles. The lowest BCUT2D eigenvalue weighted by Crippen LogP contribution is -2.47. The Morgan fingerprint density at radius 1 is 1.13 bits per heavy atom. The number of halogens is 3. The minimum absolute atomic E-state index is 0.0760. The molecule has 2 aliphatic rings. The summed E-state index contributed by atoms with van der Waals surface area (Å²) in [6, 6.07) is 4.30. The van der Waals surface area contributed by atoms with Gasteiger partial charge in [0, 0.05) is 55.8 Å². The number of carboxylic acids is 1. The molecule has 0 radical (unpaired) electrons. The number of likely N-dealkylation sites (tertiary alicyclic amines) is 1. The molecule has 2 N–H and O–H groups in total. The van der Waals surface area contributed by atoms with Crippen LogP contribution in [0.3, 0.4) is 0 Å². The summed E-state index contributed by atoms with van der Waals surface area (Å²) in [5.74, 6) is -0.965. The molecule has 248 valence electrons. The number of benzene rings is 1. The number of rotatable bonds is 12. The number of nitrogens with one attached hydrogen (secondary N) is 1. The summed E-state index contributed by atoms with van der Waals surface area (Å²) in [6.07, 6.45) is 1.03. The minimum Gasteiger partial charge on any atom is -0.493 e. The predicted molar refractivity (Wildman–Crippen MR) is 168 cm³/mol. The van der Waals surface area contributed by atoms with E-state index in [0.717, 1.165) is 30.3 Å². The highest BCUT2D eigenvalue weighted by Crippen LogP contribution is 2.41. The molecule has 1 aromatic carbocycles. The molecule has 46 heavy (non-hydrogen) atoms. The van der Waals surface area contributed by atoms with E-state index in [1.165, 1.54) is 29.8 Å². The van der Waals surface area contributed by atoms with E-state index in [1.807, 2.05) is 11.8 Å². The first-order valence-corrected chi connectivity index (χ1v) is 16.2. The summed E-state index contributed by atoms with van der Waals surface area (Å²) in [4.78, 5) is 44.5. The molecule has 11 nitrogen and oxygen atoms in total. The number of hydrogen-bond donors (Lipinski definition) is 2. The second-order valence-electron chi connectivity index (χ2n) is 11.5. The number of carboxylic acid groups (broad SMARTS) is 1. The summed E-state index contributed by atoms with van der Waals surface area (Å²) in [6.45, 7) is 8.68. The molecule has 15 heteroatoms. The highest BCUT2D eigenvalue weighted by Gasteiger charge is 2.35. The van der Waals surface area contributed by atoms with Gasteiger partial charge in [-0.1, -0.05) is 18.3 Å². The molecule has 2 fully saturated rings. The number of ether oxygens (including phenoxy) is 1. The molecule has 1 unspecified atom stereocenters. The normalized spacial score (nSPS) is 17.8. The van der Waals surface area contributed by atoms with Crippen LogP contribution in [0.1, 0.15) is 60.5 Å². The molecule has 1 atom stereocenters. The van der Waals surface area contributed by atoms with E-state index in [9.17, 15) is 22.8 Å². The van der Waals surface area contributed by atoms with Crippen LogP contribution in [-0.4, -0.2) is 93.7 Å². The van der Waals surface area contributed by atoms with Crippen molar-refractivity contribution < 1.29 is 32.6 Å². The number of nitrogens with zero attached hydrogens (tertiary/aromatic N) is 6. The Balaban J connectivity index is 1.33. The van der Waals surface area contributed by atoms with Gasteiger partial charge in [0.15, 0.2) is 5.13 Å². The molecule has 1 amide bonds. The number of aliphatic carboxylic acids is 1. The van der Waals surface area contributed by atoms with Crippen molar-refractivity contribution in [2.24, 2.45) is 0 Å². The van der Waals surface area contributed by atoms with Crippen LogP contribution in [0.4, 0.5) is 24.1 Å². The minimum atomic E-state index is -4.62. The van der Waals surface area contributed by atoms with Crippen molar-refractivity contribution in [2.75, 3.05) is 56.1 Å². The Morgan fingerprint density at radius 2 is 1.91 bits per heavy atom. The van der Waals surface area contributed by atoms with Crippen LogP contribution in [0.15, 0.2) is 30.6 Å². The van der Waals surface area contributed by atoms with Crippen LogP contribution in [-0.2, 0) is 17.5 Å². The maximum Gasteiger partial charge on any atom is 0.419 e. The fraction of sp³-hybridized carbons (Fsp3) is 0.516. The summed E-state index contributed by atoms with van der Waals surface area (Å²) >= 11 is 1.23. The predicted octanol–water partition coefficient (Wildman–Crippen LogP) is 5.24. The Hall–Kier alpha value is -3.82. The summed E-state index contributed by atoms with van der Waals surface area (Å²) in [5.41, 5.74) is -0.112. The first kappa shape index (κ1) is 33.5. The van der Waals surface area contributed by atoms with Crippen LogP contribution >= 0.6 is 11.3 Å². The lowest BCUT2D eigenvalue weighted by Gasteiger charge is -2.34. The van der Waals surface area contributed by atoms with E-state index in [-0.39, 0.29) is 29.6 Å². The summed E-state index contributed by atoms with van der Waals surface area (Å²) in [5, 5.41) is 11.9. The SMILES string of the molecule is CCCOc1ccc(-c2nc(NC(=O)c3cnc(N4CCN(CCC(=O)O)CC4)cn3)sc2CN2CCCC2C)cc1C(F)(F)F. The van der Waals surface area contributed by atoms with Gasteiger partial charge in [-0.15, -0.1) is 0 Å². The molecule has 2 aromatic heterocycles. The zero-order valence-electron chi connectivity index (χ0n) is 25.8. The van der Waals surface area contributed by atoms with Gasteiger partial charge in [-0.25, -0.2) is 15.0 Å². The number of thiazole rings is 1. The van der Waals surface area contributed by atoms with Crippen LogP contribution in [0.5, 0.6) is 5.75 Å². The molecule has 2 saturated heterocycles. The third kappa shape index (κ3) is 8.30. The molecule has 0 saturated carbocycles. The second-order valence-corrected chi connectivity index (χ2v) is 12.6. The Labute approximate surface area is 269 Å². The summed E-state index contributed by atoms with van der Waals surface area (Å²) in [7, 11) is 0. The number of aromatic nitrogens is 3. The maximum atomic E-state index is 14.0. The van der Waals surface area contributed by atoms with Gasteiger partial charge >= 0.3 is 12.1 Å². The number of anilines is 2. The Morgan fingerprint density at radius 3 is 2.54 bits per heavy atom. The highest BCUT2D eigenvalue weighted by molar-refractivity contribution is 7.16. The zero-order chi connectivity index (χ0) is 32.8. The van der Waals surface area contributed by atoms with Crippen LogP contribution in [0.25, 0.3) is 11.3 Å². The first-order valence-electron chi connectivity index (χ1n) is 15.4. The monoisotopic (exact) mass is 661 g/mol. The largest absolute Gasteiger partial charge is 0.493 e. The number of hydrogen-bond acceptors (Lipinski definition) is 10. The van der Waals surface area contributed by atoms with Gasteiger partial charge in [0.1, 0.15) is 17.3 Å². The second kappa shape index (κ2) is 14.7. The number of piperazine rings is 1.